The molecule has 0 aliphatic heterocycles. The SMILES string of the molecule is Cc1ccc(-c2oc(-c3ccccc3)c(I)c2CC[Se]c2ccccc2)cc1. The number of hydrogen-bond acceptors (Lipinski definition) is 1. The minimum atomic E-state index is 0.471. The summed E-state index contributed by atoms with van der Waals surface area (Å²) in [6.07, 6.45) is 1.03. The normalized spacial score (nSPS) is 10.9. The van der Waals surface area contributed by atoms with E-state index in [2.05, 4.69) is 108 Å². The van der Waals surface area contributed by atoms with Gasteiger partial charge in [0.1, 0.15) is 0 Å². The quantitative estimate of drug-likeness (QED) is 0.200. The van der Waals surface area contributed by atoms with Crippen LogP contribution in [-0.2, 0) is 6.42 Å². The molecule has 0 saturated carbocycles. The van der Waals surface area contributed by atoms with Crippen LogP contribution >= 0.6 is 22.6 Å². The Kier molecular flexibility index (Phi) is 6.36. The van der Waals surface area contributed by atoms with Crippen LogP contribution in [0.1, 0.15) is 11.1 Å². The fourth-order valence-corrected chi connectivity index (χ4v) is 5.98. The van der Waals surface area contributed by atoms with Crippen molar-refractivity contribution in [2.45, 2.75) is 18.7 Å². The van der Waals surface area contributed by atoms with Gasteiger partial charge in [0.25, 0.3) is 0 Å². The molecule has 0 unspecified atom stereocenters. The first-order chi connectivity index (χ1) is 13.7. The van der Waals surface area contributed by atoms with E-state index in [1.165, 1.54) is 24.5 Å². The minimum absolute atomic E-state index is 0.471. The Balaban J connectivity index is 1.68. The van der Waals surface area contributed by atoms with Gasteiger partial charge in [0.15, 0.2) is 0 Å². The van der Waals surface area contributed by atoms with Gasteiger partial charge in [-0.2, -0.15) is 0 Å². The Hall–Kier alpha value is -1.81. The molecule has 0 radical (unpaired) electrons. The summed E-state index contributed by atoms with van der Waals surface area (Å²) in [7, 11) is 0. The molecule has 1 nitrogen and oxygen atoms in total. The summed E-state index contributed by atoms with van der Waals surface area (Å²) in [6, 6.07) is 29.9. The monoisotopic (exact) mass is 544 g/mol. The van der Waals surface area contributed by atoms with E-state index in [0.29, 0.717) is 15.0 Å². The van der Waals surface area contributed by atoms with Gasteiger partial charge < -0.3 is 0 Å². The van der Waals surface area contributed by atoms with Gasteiger partial charge in [0, 0.05) is 0 Å². The zero-order valence-corrected chi connectivity index (χ0v) is 19.6. The Morgan fingerprint density at radius 3 is 2.04 bits per heavy atom. The molecule has 0 atom stereocenters. The number of furan rings is 1. The van der Waals surface area contributed by atoms with Crippen molar-refractivity contribution < 1.29 is 4.42 Å². The van der Waals surface area contributed by atoms with E-state index >= 15 is 0 Å². The molecule has 1 aromatic heterocycles. The van der Waals surface area contributed by atoms with Gasteiger partial charge in [0.2, 0.25) is 0 Å². The van der Waals surface area contributed by atoms with Gasteiger partial charge in [-0.25, -0.2) is 0 Å². The fourth-order valence-electron chi connectivity index (χ4n) is 3.17. The Labute approximate surface area is 186 Å². The molecule has 0 aliphatic carbocycles. The van der Waals surface area contributed by atoms with E-state index in [9.17, 15) is 0 Å². The molecule has 0 aliphatic rings. The standard InChI is InChI=1S/C25H21IOSe/c1-18-12-14-20(15-13-18)24-22(16-17-28-21-10-6-3-7-11-21)23(26)25(27-24)19-8-4-2-5-9-19/h2-15H,16-17H2,1H3. The summed E-state index contributed by atoms with van der Waals surface area (Å²) in [4.78, 5) is 0. The first-order valence-corrected chi connectivity index (χ1v) is 12.5. The average molecular weight is 543 g/mol. The molecule has 0 saturated heterocycles. The molecular weight excluding hydrogens is 522 g/mol. The molecule has 0 N–H and O–H groups in total. The summed E-state index contributed by atoms with van der Waals surface area (Å²) >= 11 is 2.94. The summed E-state index contributed by atoms with van der Waals surface area (Å²) in [5, 5.41) is 1.17. The van der Waals surface area contributed by atoms with Crippen LogP contribution in [-0.4, -0.2) is 15.0 Å². The zero-order valence-electron chi connectivity index (χ0n) is 15.7. The van der Waals surface area contributed by atoms with E-state index in [0.717, 1.165) is 29.1 Å². The van der Waals surface area contributed by atoms with Crippen LogP contribution in [0.5, 0.6) is 0 Å². The number of halogens is 1. The van der Waals surface area contributed by atoms with Gasteiger partial charge in [-0.15, -0.1) is 0 Å². The van der Waals surface area contributed by atoms with Crippen molar-refractivity contribution in [3.05, 3.63) is 99.6 Å². The summed E-state index contributed by atoms with van der Waals surface area (Å²) < 4.78 is 9.15. The van der Waals surface area contributed by atoms with Crippen molar-refractivity contribution in [2.24, 2.45) is 0 Å². The molecule has 0 fully saturated rings. The van der Waals surface area contributed by atoms with Crippen LogP contribution in [0, 0.1) is 10.5 Å². The Morgan fingerprint density at radius 1 is 0.750 bits per heavy atom. The molecule has 4 aromatic rings. The molecule has 1 heterocycles. The molecular formula is C25H21IOSe. The van der Waals surface area contributed by atoms with Crippen LogP contribution in [0.2, 0.25) is 5.32 Å². The molecule has 3 aromatic carbocycles. The van der Waals surface area contributed by atoms with Gasteiger partial charge in [-0.3, -0.25) is 0 Å². The topological polar surface area (TPSA) is 13.1 Å². The third kappa shape index (κ3) is 4.43. The molecule has 0 spiro atoms. The van der Waals surface area contributed by atoms with Crippen LogP contribution in [0.25, 0.3) is 22.6 Å². The first kappa shape index (κ1) is 19.5. The van der Waals surface area contributed by atoms with Gasteiger partial charge >= 0.3 is 187 Å². The predicted octanol–water partition coefficient (Wildman–Crippen LogP) is 6.52. The number of rotatable bonds is 6. The number of benzene rings is 3. The van der Waals surface area contributed by atoms with E-state index in [1.54, 1.807) is 0 Å². The second-order valence-electron chi connectivity index (χ2n) is 6.70. The van der Waals surface area contributed by atoms with Crippen molar-refractivity contribution >= 4 is 42.0 Å². The summed E-state index contributed by atoms with van der Waals surface area (Å²) in [5.74, 6) is 2.01. The zero-order chi connectivity index (χ0) is 19.3. The van der Waals surface area contributed by atoms with Crippen molar-refractivity contribution in [2.75, 3.05) is 0 Å². The van der Waals surface area contributed by atoms with Crippen LogP contribution in [0.4, 0.5) is 0 Å². The van der Waals surface area contributed by atoms with Gasteiger partial charge in [-0.05, 0) is 0 Å². The van der Waals surface area contributed by atoms with Crippen LogP contribution < -0.4 is 4.46 Å². The van der Waals surface area contributed by atoms with E-state index < -0.39 is 0 Å². The maximum absolute atomic E-state index is 6.46. The predicted molar refractivity (Wildman–Crippen MR) is 127 cm³/mol. The van der Waals surface area contributed by atoms with Crippen molar-refractivity contribution in [3.63, 3.8) is 0 Å². The van der Waals surface area contributed by atoms with Gasteiger partial charge in [-0.1, -0.05) is 0 Å². The molecule has 0 bridgehead atoms. The van der Waals surface area contributed by atoms with Crippen molar-refractivity contribution in [1.82, 2.24) is 0 Å². The van der Waals surface area contributed by atoms with Crippen LogP contribution in [0.15, 0.2) is 89.3 Å². The molecule has 140 valence electrons. The third-order valence-corrected chi connectivity index (χ3v) is 7.92. The number of aryl methyl sites for hydroxylation is 1. The Morgan fingerprint density at radius 2 is 1.36 bits per heavy atom. The molecule has 3 heteroatoms. The summed E-state index contributed by atoms with van der Waals surface area (Å²) in [5.41, 5.74) is 4.90. The molecule has 0 amide bonds. The fraction of sp³-hybridized carbons (Fsp3) is 0.120. The molecule has 4 rings (SSSR count). The first-order valence-electron chi connectivity index (χ1n) is 9.34. The van der Waals surface area contributed by atoms with Gasteiger partial charge in [0.05, 0.1) is 0 Å². The average Bonchev–Trinajstić information content (AvgIpc) is 3.06. The van der Waals surface area contributed by atoms with E-state index in [-0.39, 0.29) is 0 Å². The third-order valence-electron chi connectivity index (χ3n) is 4.66. The second-order valence-corrected chi connectivity index (χ2v) is 10.2. The summed E-state index contributed by atoms with van der Waals surface area (Å²) in [6.45, 7) is 2.12. The Bertz CT molecular complexity index is 1040. The van der Waals surface area contributed by atoms with Crippen LogP contribution in [0.3, 0.4) is 0 Å². The van der Waals surface area contributed by atoms with E-state index in [1.807, 2.05) is 6.07 Å². The second kappa shape index (κ2) is 9.13. The maximum atomic E-state index is 6.46. The number of hydrogen-bond donors (Lipinski definition) is 0. The van der Waals surface area contributed by atoms with Crippen molar-refractivity contribution in [1.29, 1.82) is 0 Å². The van der Waals surface area contributed by atoms with E-state index in [4.69, 9.17) is 4.42 Å². The van der Waals surface area contributed by atoms with Crippen molar-refractivity contribution in [3.8, 4) is 22.6 Å². The molecule has 28 heavy (non-hydrogen) atoms.